The zero-order chi connectivity index (χ0) is 17.5. The number of aliphatic hydroxyl groups excluding tert-OH is 1. The van der Waals surface area contributed by atoms with Crippen molar-refractivity contribution in [2.75, 3.05) is 32.4 Å². The maximum Gasteiger partial charge on any atom is 0.314 e. The molecule has 23 heavy (non-hydrogen) atoms. The molecule has 0 aliphatic carbocycles. The van der Waals surface area contributed by atoms with Crippen molar-refractivity contribution in [2.45, 2.75) is 45.6 Å². The van der Waals surface area contributed by atoms with Gasteiger partial charge in [0.05, 0.1) is 12.4 Å². The lowest BCUT2D eigenvalue weighted by Gasteiger charge is -2.30. The zero-order valence-electron chi connectivity index (χ0n) is 14.4. The monoisotopic (exact) mass is 349 g/mol. The van der Waals surface area contributed by atoms with Crippen molar-refractivity contribution in [3.8, 4) is 0 Å². The smallest absolute Gasteiger partial charge is 0.314 e. The van der Waals surface area contributed by atoms with Crippen molar-refractivity contribution in [3.05, 3.63) is 0 Å². The fourth-order valence-electron chi connectivity index (χ4n) is 2.94. The molecule has 1 aliphatic rings. The lowest BCUT2D eigenvalue weighted by atomic mass is 9.96. The highest BCUT2D eigenvalue weighted by Crippen LogP contribution is 2.18. The van der Waals surface area contributed by atoms with Crippen LogP contribution in [0.3, 0.4) is 0 Å². The van der Waals surface area contributed by atoms with Crippen LogP contribution < -0.4 is 10.6 Å². The van der Waals surface area contributed by atoms with Crippen molar-refractivity contribution in [2.24, 2.45) is 11.8 Å². The molecule has 0 saturated carbocycles. The van der Waals surface area contributed by atoms with Crippen molar-refractivity contribution in [3.63, 3.8) is 0 Å². The molecule has 1 fully saturated rings. The summed E-state index contributed by atoms with van der Waals surface area (Å²) in [7, 11) is -3.11. The Morgan fingerprint density at radius 3 is 2.26 bits per heavy atom. The molecule has 0 radical (unpaired) electrons. The summed E-state index contributed by atoms with van der Waals surface area (Å²) in [6.45, 7) is 5.87. The average Bonchev–Trinajstić information content (AvgIpc) is 2.51. The van der Waals surface area contributed by atoms with E-state index in [1.807, 2.05) is 13.8 Å². The molecule has 136 valence electrons. The minimum Gasteiger partial charge on any atom is -0.391 e. The highest BCUT2D eigenvalue weighted by molar-refractivity contribution is 7.88. The van der Waals surface area contributed by atoms with Crippen LogP contribution in [-0.2, 0) is 10.0 Å². The Balaban J connectivity index is 2.22. The molecule has 1 aliphatic heterocycles. The fourth-order valence-corrected chi connectivity index (χ4v) is 3.82. The lowest BCUT2D eigenvalue weighted by molar-refractivity contribution is 0.103. The van der Waals surface area contributed by atoms with Gasteiger partial charge in [0.15, 0.2) is 0 Å². The number of amides is 2. The van der Waals surface area contributed by atoms with Crippen LogP contribution in [0.4, 0.5) is 4.79 Å². The second-order valence-electron chi connectivity index (χ2n) is 6.34. The Bertz CT molecular complexity index is 457. The summed E-state index contributed by atoms with van der Waals surface area (Å²) < 4.78 is 24.4. The van der Waals surface area contributed by atoms with Crippen molar-refractivity contribution < 1.29 is 18.3 Å². The molecule has 0 aromatic carbocycles. The number of carbonyl (C=O) groups is 1. The molecule has 1 saturated heterocycles. The standard InChI is InChI=1S/C15H31N3O4S/c1-4-13(5-2)14(19)11-17-15(20)16-10-12-6-8-18(9-7-12)23(3,21)22/h12-14,19H,4-11H2,1-3H3,(H2,16,17,20)/t14-/m0/s1. The predicted molar refractivity (Wildman–Crippen MR) is 90.6 cm³/mol. The SMILES string of the molecule is CCC(CC)[C@@H](O)CNC(=O)NCC1CCN(S(C)(=O)=O)CC1. The molecule has 7 nitrogen and oxygen atoms in total. The maximum atomic E-state index is 11.8. The third kappa shape index (κ3) is 7.05. The first-order valence-corrected chi connectivity index (χ1v) is 10.3. The second kappa shape index (κ2) is 9.44. The summed E-state index contributed by atoms with van der Waals surface area (Å²) >= 11 is 0. The van der Waals surface area contributed by atoms with Gasteiger partial charge in [-0.05, 0) is 24.7 Å². The number of hydrogen-bond donors (Lipinski definition) is 3. The van der Waals surface area contributed by atoms with Crippen LogP contribution in [0.5, 0.6) is 0 Å². The Labute approximate surface area is 139 Å². The molecule has 1 rings (SSSR count). The van der Waals surface area contributed by atoms with Crippen LogP contribution in [-0.4, -0.2) is 62.4 Å². The van der Waals surface area contributed by atoms with Crippen LogP contribution in [0.1, 0.15) is 39.5 Å². The number of rotatable bonds is 8. The molecular weight excluding hydrogens is 318 g/mol. The van der Waals surface area contributed by atoms with Gasteiger partial charge in [-0.25, -0.2) is 17.5 Å². The number of piperidine rings is 1. The fraction of sp³-hybridized carbons (Fsp3) is 0.933. The van der Waals surface area contributed by atoms with Crippen molar-refractivity contribution in [1.29, 1.82) is 0 Å². The van der Waals surface area contributed by atoms with E-state index in [1.165, 1.54) is 10.6 Å². The van der Waals surface area contributed by atoms with Gasteiger partial charge in [0, 0.05) is 26.2 Å². The number of aliphatic hydroxyl groups is 1. The number of nitrogens with one attached hydrogen (secondary N) is 2. The molecular formula is C15H31N3O4S. The number of hydrogen-bond acceptors (Lipinski definition) is 4. The number of carbonyl (C=O) groups excluding carboxylic acids is 1. The minimum absolute atomic E-state index is 0.204. The molecule has 0 bridgehead atoms. The summed E-state index contributed by atoms with van der Waals surface area (Å²) in [5, 5.41) is 15.5. The van der Waals surface area contributed by atoms with Crippen LogP contribution in [0.25, 0.3) is 0 Å². The van der Waals surface area contributed by atoms with E-state index in [9.17, 15) is 18.3 Å². The highest BCUT2D eigenvalue weighted by Gasteiger charge is 2.25. The molecule has 2 amide bonds. The molecule has 3 N–H and O–H groups in total. The van der Waals surface area contributed by atoms with Gasteiger partial charge in [0.1, 0.15) is 0 Å². The average molecular weight is 349 g/mol. The molecule has 8 heteroatoms. The highest BCUT2D eigenvalue weighted by atomic mass is 32.2. The van der Waals surface area contributed by atoms with Gasteiger partial charge < -0.3 is 15.7 Å². The number of urea groups is 1. The third-order valence-electron chi connectivity index (χ3n) is 4.66. The van der Waals surface area contributed by atoms with Crippen LogP contribution in [0.15, 0.2) is 0 Å². The van der Waals surface area contributed by atoms with E-state index in [0.29, 0.717) is 25.6 Å². The topological polar surface area (TPSA) is 98.7 Å². The van der Waals surface area contributed by atoms with Crippen LogP contribution in [0, 0.1) is 11.8 Å². The van der Waals surface area contributed by atoms with Gasteiger partial charge in [0.25, 0.3) is 0 Å². The molecule has 0 unspecified atom stereocenters. The zero-order valence-corrected chi connectivity index (χ0v) is 15.2. The van der Waals surface area contributed by atoms with E-state index in [0.717, 1.165) is 25.7 Å². The van der Waals surface area contributed by atoms with E-state index < -0.39 is 16.1 Å². The molecule has 0 spiro atoms. The van der Waals surface area contributed by atoms with Gasteiger partial charge in [-0.15, -0.1) is 0 Å². The van der Waals surface area contributed by atoms with Gasteiger partial charge in [-0.2, -0.15) is 0 Å². The first-order chi connectivity index (χ1) is 10.8. The normalized spacial score (nSPS) is 18.8. The van der Waals surface area contributed by atoms with Gasteiger partial charge in [-0.1, -0.05) is 26.7 Å². The van der Waals surface area contributed by atoms with Crippen LogP contribution in [0.2, 0.25) is 0 Å². The van der Waals surface area contributed by atoms with E-state index in [1.54, 1.807) is 0 Å². The first-order valence-electron chi connectivity index (χ1n) is 8.42. The first kappa shape index (κ1) is 20.2. The summed E-state index contributed by atoms with van der Waals surface area (Å²) in [4.78, 5) is 11.8. The molecule has 1 heterocycles. The number of nitrogens with zero attached hydrogens (tertiary/aromatic N) is 1. The summed E-state index contributed by atoms with van der Waals surface area (Å²) in [6.07, 6.45) is 3.99. The van der Waals surface area contributed by atoms with Crippen molar-refractivity contribution in [1.82, 2.24) is 14.9 Å². The van der Waals surface area contributed by atoms with Gasteiger partial charge in [-0.3, -0.25) is 0 Å². The van der Waals surface area contributed by atoms with E-state index in [-0.39, 0.29) is 18.5 Å². The van der Waals surface area contributed by atoms with Gasteiger partial charge in [0.2, 0.25) is 10.0 Å². The Hall–Kier alpha value is -0.860. The molecule has 1 atom stereocenters. The molecule has 0 aromatic heterocycles. The van der Waals surface area contributed by atoms with E-state index in [4.69, 9.17) is 0 Å². The summed E-state index contributed by atoms with van der Waals surface area (Å²) in [6, 6.07) is -0.277. The third-order valence-corrected chi connectivity index (χ3v) is 5.96. The summed E-state index contributed by atoms with van der Waals surface area (Å²) in [5.74, 6) is 0.498. The predicted octanol–water partition coefficient (Wildman–Crippen LogP) is 0.754. The largest absolute Gasteiger partial charge is 0.391 e. The number of sulfonamides is 1. The second-order valence-corrected chi connectivity index (χ2v) is 8.32. The maximum absolute atomic E-state index is 11.8. The van der Waals surface area contributed by atoms with Crippen molar-refractivity contribution >= 4 is 16.1 Å². The van der Waals surface area contributed by atoms with Gasteiger partial charge >= 0.3 is 6.03 Å². The Morgan fingerprint density at radius 2 is 1.78 bits per heavy atom. The molecule has 0 aromatic rings. The van der Waals surface area contributed by atoms with E-state index >= 15 is 0 Å². The quantitative estimate of drug-likeness (QED) is 0.602. The Morgan fingerprint density at radius 1 is 1.22 bits per heavy atom. The lowest BCUT2D eigenvalue weighted by Crippen LogP contribution is -2.45. The van der Waals surface area contributed by atoms with Crippen LogP contribution >= 0.6 is 0 Å². The summed E-state index contributed by atoms with van der Waals surface area (Å²) in [5.41, 5.74) is 0. The Kier molecular flexibility index (Phi) is 8.28. The van der Waals surface area contributed by atoms with E-state index in [2.05, 4.69) is 10.6 Å². The minimum atomic E-state index is -3.11.